The van der Waals surface area contributed by atoms with Gasteiger partial charge in [-0.1, -0.05) is 29.8 Å². The largest absolute Gasteiger partial charge is 0.385 e. The molecule has 0 spiro atoms. The Hall–Kier alpha value is -1.68. The van der Waals surface area contributed by atoms with E-state index in [-0.39, 0.29) is 0 Å². The summed E-state index contributed by atoms with van der Waals surface area (Å²) in [7, 11) is 0. The molecule has 0 radical (unpaired) electrons. The molecule has 0 aliphatic carbocycles. The Morgan fingerprint density at radius 2 is 2.00 bits per heavy atom. The van der Waals surface area contributed by atoms with Gasteiger partial charge in [-0.25, -0.2) is 9.67 Å². The van der Waals surface area contributed by atoms with Crippen LogP contribution in [0.2, 0.25) is 0 Å². The molecule has 1 atom stereocenters. The van der Waals surface area contributed by atoms with Crippen molar-refractivity contribution in [1.82, 2.24) is 14.8 Å². The first-order valence-corrected chi connectivity index (χ1v) is 5.82. The molecule has 4 nitrogen and oxygen atoms in total. The number of hydrogen-bond donors (Lipinski definition) is 1. The molecular formula is C13H17N3O. The van der Waals surface area contributed by atoms with Gasteiger partial charge in [0, 0.05) is 13.0 Å². The number of rotatable bonds is 4. The van der Waals surface area contributed by atoms with Gasteiger partial charge in [0.15, 0.2) is 5.82 Å². The molecule has 0 aliphatic heterocycles. The molecule has 0 saturated carbocycles. The lowest BCUT2D eigenvalue weighted by molar-refractivity contribution is 0.162. The Morgan fingerprint density at radius 1 is 1.29 bits per heavy atom. The van der Waals surface area contributed by atoms with Crippen molar-refractivity contribution in [2.75, 3.05) is 0 Å². The highest BCUT2D eigenvalue weighted by Crippen LogP contribution is 2.16. The summed E-state index contributed by atoms with van der Waals surface area (Å²) in [6.07, 6.45) is 1.45. The molecule has 0 fully saturated rings. The number of nitrogens with zero attached hydrogens (tertiary/aromatic N) is 3. The number of hydrogen-bond acceptors (Lipinski definition) is 3. The van der Waals surface area contributed by atoms with Crippen LogP contribution in [0, 0.1) is 6.92 Å². The molecule has 0 saturated heterocycles. The average Bonchev–Trinajstić information content (AvgIpc) is 2.80. The smallest absolute Gasteiger partial charge is 0.156 e. The number of benzene rings is 1. The maximum absolute atomic E-state index is 10.1. The molecule has 2 rings (SSSR count). The summed E-state index contributed by atoms with van der Waals surface area (Å²) in [5.74, 6) is 0.632. The summed E-state index contributed by atoms with van der Waals surface area (Å²) in [4.78, 5) is 4.10. The van der Waals surface area contributed by atoms with Crippen LogP contribution in [0.3, 0.4) is 0 Å². The van der Waals surface area contributed by atoms with Gasteiger partial charge in [-0.2, -0.15) is 5.10 Å². The molecule has 4 heteroatoms. The van der Waals surface area contributed by atoms with Crippen LogP contribution in [0.25, 0.3) is 0 Å². The average molecular weight is 231 g/mol. The zero-order chi connectivity index (χ0) is 12.3. The van der Waals surface area contributed by atoms with E-state index >= 15 is 0 Å². The molecule has 1 unspecified atom stereocenters. The minimum absolute atomic E-state index is 0.568. The lowest BCUT2D eigenvalue weighted by Gasteiger charge is -2.11. The molecule has 0 aliphatic rings. The van der Waals surface area contributed by atoms with Crippen LogP contribution < -0.4 is 0 Å². The van der Waals surface area contributed by atoms with Gasteiger partial charge >= 0.3 is 0 Å². The maximum Gasteiger partial charge on any atom is 0.156 e. The Morgan fingerprint density at radius 3 is 2.65 bits per heavy atom. The lowest BCUT2D eigenvalue weighted by atomic mass is 10.1. The maximum atomic E-state index is 10.1. The zero-order valence-corrected chi connectivity index (χ0v) is 10.2. The van der Waals surface area contributed by atoms with Gasteiger partial charge in [0.2, 0.25) is 0 Å². The topological polar surface area (TPSA) is 50.9 Å². The fourth-order valence-electron chi connectivity index (χ4n) is 1.81. The van der Waals surface area contributed by atoms with E-state index in [4.69, 9.17) is 0 Å². The summed E-state index contributed by atoms with van der Waals surface area (Å²) in [6.45, 7) is 4.75. The van der Waals surface area contributed by atoms with Crippen LogP contribution in [0.1, 0.15) is 30.0 Å². The fraction of sp³-hybridized carbons (Fsp3) is 0.385. The summed E-state index contributed by atoms with van der Waals surface area (Å²) in [6, 6.07) is 8.16. The number of aryl methyl sites for hydroxylation is 2. The minimum atomic E-state index is -0.597. The summed E-state index contributed by atoms with van der Waals surface area (Å²) in [5.41, 5.74) is 2.33. The standard InChI is InChI=1S/C13H17N3O/c1-3-16-13(14-9-15-16)12(17)8-11-6-4-10(2)5-7-11/h4-7,9,12,17H,3,8H2,1-2H3. The highest BCUT2D eigenvalue weighted by Gasteiger charge is 2.14. The third-order valence-corrected chi connectivity index (χ3v) is 2.79. The second-order valence-electron chi connectivity index (χ2n) is 4.14. The molecule has 90 valence electrons. The Balaban J connectivity index is 2.11. The van der Waals surface area contributed by atoms with Crippen LogP contribution >= 0.6 is 0 Å². The van der Waals surface area contributed by atoms with Crippen molar-refractivity contribution in [3.63, 3.8) is 0 Å². The molecule has 2 aromatic rings. The number of aliphatic hydroxyl groups is 1. The van der Waals surface area contributed by atoms with Crippen molar-refractivity contribution in [2.24, 2.45) is 0 Å². The van der Waals surface area contributed by atoms with Crippen molar-refractivity contribution in [3.05, 3.63) is 47.5 Å². The van der Waals surface area contributed by atoms with Crippen LogP contribution in [0.5, 0.6) is 0 Å². The quantitative estimate of drug-likeness (QED) is 0.874. The van der Waals surface area contributed by atoms with E-state index in [1.54, 1.807) is 4.68 Å². The van der Waals surface area contributed by atoms with E-state index in [2.05, 4.69) is 10.1 Å². The van der Waals surface area contributed by atoms with Crippen molar-refractivity contribution >= 4 is 0 Å². The molecule has 17 heavy (non-hydrogen) atoms. The van der Waals surface area contributed by atoms with Crippen LogP contribution in [-0.2, 0) is 13.0 Å². The number of aromatic nitrogens is 3. The third-order valence-electron chi connectivity index (χ3n) is 2.79. The third kappa shape index (κ3) is 2.71. The Labute approximate surface area is 101 Å². The highest BCUT2D eigenvalue weighted by atomic mass is 16.3. The lowest BCUT2D eigenvalue weighted by Crippen LogP contribution is -2.11. The SMILES string of the molecule is CCn1ncnc1C(O)Cc1ccc(C)cc1. The van der Waals surface area contributed by atoms with Gasteiger partial charge in [-0.3, -0.25) is 0 Å². The van der Waals surface area contributed by atoms with Crippen molar-refractivity contribution in [1.29, 1.82) is 0 Å². The fourth-order valence-corrected chi connectivity index (χ4v) is 1.81. The van der Waals surface area contributed by atoms with Crippen LogP contribution in [-0.4, -0.2) is 19.9 Å². The molecule has 1 aromatic heterocycles. The van der Waals surface area contributed by atoms with Crippen molar-refractivity contribution < 1.29 is 5.11 Å². The van der Waals surface area contributed by atoms with Crippen molar-refractivity contribution in [3.8, 4) is 0 Å². The summed E-state index contributed by atoms with van der Waals surface area (Å²) >= 11 is 0. The minimum Gasteiger partial charge on any atom is -0.385 e. The zero-order valence-electron chi connectivity index (χ0n) is 10.2. The van der Waals surface area contributed by atoms with E-state index in [1.807, 2.05) is 38.1 Å². The van der Waals surface area contributed by atoms with Crippen LogP contribution in [0.15, 0.2) is 30.6 Å². The van der Waals surface area contributed by atoms with E-state index in [9.17, 15) is 5.11 Å². The first kappa shape index (κ1) is 11.8. The predicted octanol–water partition coefficient (Wildman–Crippen LogP) is 1.88. The Bertz CT molecular complexity index is 476. The van der Waals surface area contributed by atoms with E-state index < -0.39 is 6.10 Å². The van der Waals surface area contributed by atoms with Crippen molar-refractivity contribution in [2.45, 2.75) is 32.9 Å². The highest BCUT2D eigenvalue weighted by molar-refractivity contribution is 5.22. The molecule has 0 bridgehead atoms. The monoisotopic (exact) mass is 231 g/mol. The van der Waals surface area contributed by atoms with Gasteiger partial charge in [0.25, 0.3) is 0 Å². The van der Waals surface area contributed by atoms with Gasteiger partial charge in [0.05, 0.1) is 0 Å². The Kier molecular flexibility index (Phi) is 3.54. The van der Waals surface area contributed by atoms with Gasteiger partial charge in [0.1, 0.15) is 12.4 Å². The van der Waals surface area contributed by atoms with Gasteiger partial charge in [-0.05, 0) is 19.4 Å². The molecule has 0 amide bonds. The van der Waals surface area contributed by atoms with E-state index in [0.29, 0.717) is 12.2 Å². The molecule has 1 heterocycles. The number of aliphatic hydroxyl groups excluding tert-OH is 1. The van der Waals surface area contributed by atoms with Gasteiger partial charge < -0.3 is 5.11 Å². The molecule has 1 N–H and O–H groups in total. The van der Waals surface area contributed by atoms with Crippen LogP contribution in [0.4, 0.5) is 0 Å². The van der Waals surface area contributed by atoms with E-state index in [0.717, 1.165) is 12.1 Å². The molecule has 1 aromatic carbocycles. The first-order chi connectivity index (χ1) is 8.20. The second-order valence-corrected chi connectivity index (χ2v) is 4.14. The van der Waals surface area contributed by atoms with Gasteiger partial charge in [-0.15, -0.1) is 0 Å². The summed E-state index contributed by atoms with van der Waals surface area (Å²) < 4.78 is 1.72. The molecular weight excluding hydrogens is 214 g/mol. The van der Waals surface area contributed by atoms with E-state index in [1.165, 1.54) is 11.9 Å². The predicted molar refractivity (Wildman–Crippen MR) is 65.5 cm³/mol. The first-order valence-electron chi connectivity index (χ1n) is 5.82. The normalized spacial score (nSPS) is 12.6. The summed E-state index contributed by atoms with van der Waals surface area (Å²) in [5, 5.41) is 14.2. The second kappa shape index (κ2) is 5.10.